The van der Waals surface area contributed by atoms with Gasteiger partial charge in [0.25, 0.3) is 5.56 Å². The van der Waals surface area contributed by atoms with Crippen LogP contribution in [0, 0.1) is 13.8 Å². The van der Waals surface area contributed by atoms with Gasteiger partial charge in [-0.3, -0.25) is 4.79 Å². The molecule has 8 nitrogen and oxygen atoms in total. The van der Waals surface area contributed by atoms with Crippen molar-refractivity contribution in [3.8, 4) is 0 Å². The summed E-state index contributed by atoms with van der Waals surface area (Å²) in [6.45, 7) is 9.67. The second-order valence-electron chi connectivity index (χ2n) is 8.13. The number of aryl methyl sites for hydroxylation is 2. The molecule has 0 spiro atoms. The van der Waals surface area contributed by atoms with Crippen molar-refractivity contribution >= 4 is 17.3 Å². The summed E-state index contributed by atoms with van der Waals surface area (Å²) in [5, 5.41) is 12.8. The van der Waals surface area contributed by atoms with Gasteiger partial charge in [-0.1, -0.05) is 0 Å². The van der Waals surface area contributed by atoms with Crippen LogP contribution >= 0.6 is 0 Å². The van der Waals surface area contributed by atoms with E-state index in [9.17, 15) is 4.79 Å². The Morgan fingerprint density at radius 3 is 2.76 bits per heavy atom. The molecule has 29 heavy (non-hydrogen) atoms. The molecule has 1 unspecified atom stereocenters. The summed E-state index contributed by atoms with van der Waals surface area (Å²) in [5.41, 5.74) is 2.71. The van der Waals surface area contributed by atoms with Gasteiger partial charge in [-0.05, 0) is 53.0 Å². The summed E-state index contributed by atoms with van der Waals surface area (Å²) >= 11 is 0. The molecule has 1 saturated heterocycles. The van der Waals surface area contributed by atoms with Crippen LogP contribution in [0.3, 0.4) is 0 Å². The highest BCUT2D eigenvalue weighted by Gasteiger charge is 2.24. The predicted molar refractivity (Wildman–Crippen MR) is 115 cm³/mol. The van der Waals surface area contributed by atoms with Crippen molar-refractivity contribution in [2.45, 2.75) is 59.0 Å². The fourth-order valence-electron chi connectivity index (χ4n) is 4.02. The molecule has 0 radical (unpaired) electrons. The summed E-state index contributed by atoms with van der Waals surface area (Å²) in [5.74, 6) is 1.82. The molecule has 1 N–H and O–H groups in total. The molecule has 0 aromatic carbocycles. The monoisotopic (exact) mass is 395 g/mol. The van der Waals surface area contributed by atoms with Gasteiger partial charge >= 0.3 is 0 Å². The number of aromatic nitrogens is 5. The fourth-order valence-corrected chi connectivity index (χ4v) is 4.02. The van der Waals surface area contributed by atoms with Gasteiger partial charge in [0.05, 0.1) is 11.7 Å². The lowest BCUT2D eigenvalue weighted by molar-refractivity contribution is 0.451. The maximum atomic E-state index is 12.1. The Balaban J connectivity index is 1.58. The predicted octanol–water partition coefficient (Wildman–Crippen LogP) is 2.95. The summed E-state index contributed by atoms with van der Waals surface area (Å²) in [4.78, 5) is 19.0. The Morgan fingerprint density at radius 1 is 1.14 bits per heavy atom. The minimum Gasteiger partial charge on any atom is -0.368 e. The number of anilines is 2. The standard InChI is InChI=1S/C21H29N7O/c1-14(2)27-21(29)9-8-18(25-27)26-10-6-5-7-17(26)13-22-19-11-15(3)23-20-12-16(4)24-28(19)20/h8-9,11-12,14,17,22H,5-7,10,13H2,1-4H3. The minimum absolute atomic E-state index is 0.0416. The third-order valence-electron chi connectivity index (χ3n) is 5.42. The lowest BCUT2D eigenvalue weighted by Gasteiger charge is -2.37. The Bertz CT molecular complexity index is 1070. The quantitative estimate of drug-likeness (QED) is 0.715. The Kier molecular flexibility index (Phi) is 5.25. The number of hydrogen-bond donors (Lipinski definition) is 1. The van der Waals surface area contributed by atoms with Crippen LogP contribution in [-0.4, -0.2) is 43.5 Å². The van der Waals surface area contributed by atoms with Crippen LogP contribution in [-0.2, 0) is 0 Å². The molecule has 0 aliphatic carbocycles. The zero-order valence-corrected chi connectivity index (χ0v) is 17.6. The number of piperidine rings is 1. The van der Waals surface area contributed by atoms with Crippen molar-refractivity contribution in [3.63, 3.8) is 0 Å². The van der Waals surface area contributed by atoms with Crippen molar-refractivity contribution in [2.75, 3.05) is 23.3 Å². The molecule has 3 aromatic rings. The lowest BCUT2D eigenvalue weighted by atomic mass is 10.0. The molecule has 154 valence electrons. The molecule has 3 aromatic heterocycles. The molecule has 1 aliphatic rings. The summed E-state index contributed by atoms with van der Waals surface area (Å²) < 4.78 is 3.43. The van der Waals surface area contributed by atoms with Gasteiger partial charge in [-0.25, -0.2) is 9.67 Å². The maximum absolute atomic E-state index is 12.1. The first kappa shape index (κ1) is 19.4. The zero-order chi connectivity index (χ0) is 20.5. The highest BCUT2D eigenvalue weighted by Crippen LogP contribution is 2.23. The smallest absolute Gasteiger partial charge is 0.267 e. The normalized spacial score (nSPS) is 17.3. The number of rotatable bonds is 5. The lowest BCUT2D eigenvalue weighted by Crippen LogP contribution is -2.45. The molecule has 0 saturated carbocycles. The van der Waals surface area contributed by atoms with Gasteiger partial charge in [-0.2, -0.15) is 14.7 Å². The highest BCUT2D eigenvalue weighted by molar-refractivity contribution is 5.50. The Morgan fingerprint density at radius 2 is 1.97 bits per heavy atom. The van der Waals surface area contributed by atoms with E-state index in [1.165, 1.54) is 6.42 Å². The average molecular weight is 396 g/mol. The van der Waals surface area contributed by atoms with Crippen LogP contribution in [0.1, 0.15) is 50.5 Å². The van der Waals surface area contributed by atoms with Crippen molar-refractivity contribution in [2.24, 2.45) is 0 Å². The zero-order valence-electron chi connectivity index (χ0n) is 17.6. The van der Waals surface area contributed by atoms with E-state index >= 15 is 0 Å². The van der Waals surface area contributed by atoms with Gasteiger partial charge in [0.15, 0.2) is 5.65 Å². The van der Waals surface area contributed by atoms with E-state index in [2.05, 4.69) is 25.4 Å². The fraction of sp³-hybridized carbons (Fsp3) is 0.524. The van der Waals surface area contributed by atoms with E-state index in [-0.39, 0.29) is 11.6 Å². The molecule has 1 fully saturated rings. The molecule has 4 heterocycles. The van der Waals surface area contributed by atoms with E-state index in [4.69, 9.17) is 0 Å². The first-order valence-electron chi connectivity index (χ1n) is 10.4. The van der Waals surface area contributed by atoms with Gasteiger partial charge in [0.1, 0.15) is 11.6 Å². The number of nitrogens with zero attached hydrogens (tertiary/aromatic N) is 6. The van der Waals surface area contributed by atoms with Crippen LogP contribution in [0.4, 0.5) is 11.6 Å². The first-order chi connectivity index (χ1) is 13.9. The number of nitrogens with one attached hydrogen (secondary N) is 1. The van der Waals surface area contributed by atoms with Gasteiger partial charge in [0, 0.05) is 43.0 Å². The third kappa shape index (κ3) is 3.97. The third-order valence-corrected chi connectivity index (χ3v) is 5.42. The number of hydrogen-bond acceptors (Lipinski definition) is 6. The number of fused-ring (bicyclic) bond motifs is 1. The highest BCUT2D eigenvalue weighted by atomic mass is 16.1. The largest absolute Gasteiger partial charge is 0.368 e. The molecule has 1 atom stereocenters. The molecule has 1 aliphatic heterocycles. The Labute approximate surface area is 170 Å². The molecular formula is C21H29N7O. The van der Waals surface area contributed by atoms with Crippen LogP contribution in [0.2, 0.25) is 0 Å². The van der Waals surface area contributed by atoms with E-state index < -0.39 is 0 Å². The van der Waals surface area contributed by atoms with Crippen LogP contribution in [0.5, 0.6) is 0 Å². The van der Waals surface area contributed by atoms with Crippen molar-refractivity contribution in [3.05, 3.63) is 46.0 Å². The topological polar surface area (TPSA) is 80.4 Å². The molecular weight excluding hydrogens is 366 g/mol. The molecule has 4 rings (SSSR count). The van der Waals surface area contributed by atoms with E-state index in [0.717, 1.165) is 54.6 Å². The van der Waals surface area contributed by atoms with Crippen molar-refractivity contribution in [1.82, 2.24) is 24.4 Å². The van der Waals surface area contributed by atoms with Crippen LogP contribution in [0.15, 0.2) is 29.1 Å². The second kappa shape index (κ2) is 7.85. The summed E-state index contributed by atoms with van der Waals surface area (Å²) in [6.07, 6.45) is 3.41. The second-order valence-corrected chi connectivity index (χ2v) is 8.13. The van der Waals surface area contributed by atoms with Gasteiger partial charge in [0.2, 0.25) is 0 Å². The minimum atomic E-state index is -0.0564. The molecule has 8 heteroatoms. The first-order valence-corrected chi connectivity index (χ1v) is 10.4. The molecule has 0 amide bonds. The summed E-state index contributed by atoms with van der Waals surface area (Å²) in [7, 11) is 0. The van der Waals surface area contributed by atoms with Gasteiger partial charge in [-0.15, -0.1) is 0 Å². The average Bonchev–Trinajstić information content (AvgIpc) is 3.06. The van der Waals surface area contributed by atoms with E-state index in [1.807, 2.05) is 50.4 Å². The molecule has 0 bridgehead atoms. The van der Waals surface area contributed by atoms with Gasteiger partial charge < -0.3 is 10.2 Å². The Hall–Kier alpha value is -2.90. The van der Waals surface area contributed by atoms with E-state index in [1.54, 1.807) is 10.7 Å². The van der Waals surface area contributed by atoms with E-state index in [0.29, 0.717) is 6.04 Å². The van der Waals surface area contributed by atoms with Crippen LogP contribution < -0.4 is 15.8 Å². The maximum Gasteiger partial charge on any atom is 0.267 e. The SMILES string of the molecule is Cc1cc(NCC2CCCCN2c2ccc(=O)n(C(C)C)n2)n2nc(C)cc2n1. The van der Waals surface area contributed by atoms with Crippen molar-refractivity contribution in [1.29, 1.82) is 0 Å². The summed E-state index contributed by atoms with van der Waals surface area (Å²) in [6, 6.07) is 7.84. The van der Waals surface area contributed by atoms with Crippen molar-refractivity contribution < 1.29 is 0 Å². The van der Waals surface area contributed by atoms with Crippen LogP contribution in [0.25, 0.3) is 5.65 Å².